The van der Waals surface area contributed by atoms with Crippen molar-refractivity contribution in [3.8, 4) is 22.8 Å². The maximum Gasteiger partial charge on any atom is 0.321 e. The normalized spacial score (nSPS) is 16.0. The molecular weight excluding hydrogens is 475 g/mol. The van der Waals surface area contributed by atoms with Crippen LogP contribution in [0.25, 0.3) is 16.9 Å². The van der Waals surface area contributed by atoms with Gasteiger partial charge in [0.2, 0.25) is 0 Å². The molecule has 186 valence electrons. The molecule has 2 aromatic heterocycles. The zero-order valence-electron chi connectivity index (χ0n) is 20.0. The van der Waals surface area contributed by atoms with Gasteiger partial charge in [-0.05, 0) is 49.7 Å². The SMILES string of the molecule is CPc1cnn2c(NCC3CCCN(C(=O)Nc4cccc(O)c4)C3)cc(-c3ccccc3O)nc12. The molecule has 1 fully saturated rings. The predicted octanol–water partition coefficient (Wildman–Crippen LogP) is 4.10. The third-order valence-electron chi connectivity index (χ3n) is 6.40. The molecule has 9 nitrogen and oxygen atoms in total. The second-order valence-electron chi connectivity index (χ2n) is 8.90. The van der Waals surface area contributed by atoms with E-state index in [-0.39, 0.29) is 23.4 Å². The zero-order chi connectivity index (χ0) is 25.1. The quantitative estimate of drug-likeness (QED) is 0.294. The number of benzene rings is 2. The maximum atomic E-state index is 12.8. The summed E-state index contributed by atoms with van der Waals surface area (Å²) in [5.41, 5.74) is 2.69. The molecule has 1 aliphatic rings. The van der Waals surface area contributed by atoms with Gasteiger partial charge < -0.3 is 25.7 Å². The number of likely N-dealkylation sites (tertiary alicyclic amines) is 1. The van der Waals surface area contributed by atoms with Crippen LogP contribution in [0, 0.1) is 5.92 Å². The molecule has 0 saturated carbocycles. The first kappa shape index (κ1) is 23.9. The average molecular weight is 505 g/mol. The third-order valence-corrected chi connectivity index (χ3v) is 7.29. The number of amides is 2. The van der Waals surface area contributed by atoms with Crippen LogP contribution in [-0.2, 0) is 0 Å². The highest BCUT2D eigenvalue weighted by molar-refractivity contribution is 7.46. The van der Waals surface area contributed by atoms with E-state index in [0.29, 0.717) is 45.2 Å². The summed E-state index contributed by atoms with van der Waals surface area (Å²) in [4.78, 5) is 19.4. The zero-order valence-corrected chi connectivity index (χ0v) is 21.0. The first-order valence-corrected chi connectivity index (χ1v) is 13.5. The van der Waals surface area contributed by atoms with E-state index >= 15 is 0 Å². The third kappa shape index (κ3) is 5.06. The van der Waals surface area contributed by atoms with E-state index in [0.717, 1.165) is 29.6 Å². The van der Waals surface area contributed by atoms with Crippen molar-refractivity contribution in [2.24, 2.45) is 5.92 Å². The predicted molar refractivity (Wildman–Crippen MR) is 144 cm³/mol. The van der Waals surface area contributed by atoms with Crippen molar-refractivity contribution < 1.29 is 15.0 Å². The number of anilines is 2. The molecule has 4 N–H and O–H groups in total. The van der Waals surface area contributed by atoms with Crippen LogP contribution in [0.15, 0.2) is 60.8 Å². The van der Waals surface area contributed by atoms with Crippen LogP contribution in [0.1, 0.15) is 12.8 Å². The lowest BCUT2D eigenvalue weighted by atomic mass is 9.98. The summed E-state index contributed by atoms with van der Waals surface area (Å²) < 4.78 is 1.81. The molecule has 2 aromatic carbocycles. The van der Waals surface area contributed by atoms with Crippen molar-refractivity contribution in [3.05, 3.63) is 60.8 Å². The van der Waals surface area contributed by atoms with Crippen LogP contribution >= 0.6 is 8.58 Å². The van der Waals surface area contributed by atoms with Crippen molar-refractivity contribution in [2.75, 3.05) is 36.9 Å². The lowest BCUT2D eigenvalue weighted by Crippen LogP contribution is -2.44. The van der Waals surface area contributed by atoms with Gasteiger partial charge in [0.1, 0.15) is 17.3 Å². The highest BCUT2D eigenvalue weighted by atomic mass is 31.1. The second-order valence-corrected chi connectivity index (χ2v) is 9.94. The average Bonchev–Trinajstić information content (AvgIpc) is 3.31. The molecule has 0 radical (unpaired) electrons. The minimum atomic E-state index is -0.168. The van der Waals surface area contributed by atoms with Gasteiger partial charge in [0.15, 0.2) is 5.65 Å². The van der Waals surface area contributed by atoms with E-state index in [4.69, 9.17) is 4.98 Å². The Morgan fingerprint density at radius 1 is 1.17 bits per heavy atom. The Kier molecular flexibility index (Phi) is 6.91. The minimum Gasteiger partial charge on any atom is -0.508 e. The number of urea groups is 1. The van der Waals surface area contributed by atoms with Gasteiger partial charge in [0.05, 0.1) is 11.9 Å². The number of phenolic OH excluding ortho intramolecular Hbond substituents is 2. The van der Waals surface area contributed by atoms with E-state index in [1.165, 1.54) is 6.07 Å². The number of fused-ring (bicyclic) bond motifs is 1. The number of aromatic hydroxyl groups is 2. The molecule has 2 atom stereocenters. The Hall–Kier alpha value is -3.84. The highest BCUT2D eigenvalue weighted by Crippen LogP contribution is 2.30. The van der Waals surface area contributed by atoms with E-state index < -0.39 is 0 Å². The minimum absolute atomic E-state index is 0.116. The number of carbonyl (C=O) groups excluding carboxylic acids is 1. The van der Waals surface area contributed by atoms with Gasteiger partial charge in [0, 0.05) is 48.3 Å². The van der Waals surface area contributed by atoms with Crippen molar-refractivity contribution >= 4 is 37.1 Å². The molecule has 1 aliphatic heterocycles. The molecule has 4 aromatic rings. The van der Waals surface area contributed by atoms with Gasteiger partial charge >= 0.3 is 6.03 Å². The number of para-hydroxylation sites is 1. The number of nitrogens with zero attached hydrogens (tertiary/aromatic N) is 4. The van der Waals surface area contributed by atoms with Crippen molar-refractivity contribution in [1.82, 2.24) is 19.5 Å². The lowest BCUT2D eigenvalue weighted by Gasteiger charge is -2.33. The van der Waals surface area contributed by atoms with Crippen molar-refractivity contribution in [3.63, 3.8) is 0 Å². The number of aromatic nitrogens is 3. The lowest BCUT2D eigenvalue weighted by molar-refractivity contribution is 0.180. The smallest absolute Gasteiger partial charge is 0.321 e. The number of phenols is 2. The van der Waals surface area contributed by atoms with E-state index in [2.05, 4.69) is 22.4 Å². The topological polar surface area (TPSA) is 115 Å². The Bertz CT molecular complexity index is 1390. The molecule has 0 bridgehead atoms. The summed E-state index contributed by atoms with van der Waals surface area (Å²) in [5, 5.41) is 32.1. The molecule has 0 spiro atoms. The van der Waals surface area contributed by atoms with Crippen LogP contribution in [0.3, 0.4) is 0 Å². The summed E-state index contributed by atoms with van der Waals surface area (Å²) in [6.45, 7) is 4.08. The maximum absolute atomic E-state index is 12.8. The van der Waals surface area contributed by atoms with Crippen LogP contribution in [0.5, 0.6) is 11.5 Å². The molecule has 2 amide bonds. The van der Waals surface area contributed by atoms with Gasteiger partial charge in [-0.3, -0.25) is 0 Å². The van der Waals surface area contributed by atoms with Gasteiger partial charge in [0.25, 0.3) is 0 Å². The highest BCUT2D eigenvalue weighted by Gasteiger charge is 2.24. The number of nitrogens with one attached hydrogen (secondary N) is 2. The number of piperidine rings is 1. The number of hydrogen-bond acceptors (Lipinski definition) is 6. The van der Waals surface area contributed by atoms with Crippen LogP contribution in [0.4, 0.5) is 16.3 Å². The fourth-order valence-electron chi connectivity index (χ4n) is 4.54. The van der Waals surface area contributed by atoms with Crippen molar-refractivity contribution in [1.29, 1.82) is 0 Å². The van der Waals surface area contributed by atoms with E-state index in [9.17, 15) is 15.0 Å². The first-order chi connectivity index (χ1) is 17.5. The molecule has 10 heteroatoms. The summed E-state index contributed by atoms with van der Waals surface area (Å²) in [5.74, 6) is 1.35. The Morgan fingerprint density at radius 3 is 2.83 bits per heavy atom. The number of carbonyl (C=O) groups is 1. The standard InChI is InChI=1S/C26H29N6O3P/c1-36-23-15-28-32-24(13-21(30-25(23)32)20-9-2-3-10-22(20)34)27-14-17-6-5-11-31(16-17)26(35)29-18-7-4-8-19(33)12-18/h2-4,7-10,12-13,15,17,27,33-34,36H,5-6,11,14,16H2,1H3,(H,29,35). The fraction of sp³-hybridized carbons (Fsp3) is 0.269. The van der Waals surface area contributed by atoms with E-state index in [1.807, 2.05) is 33.8 Å². The van der Waals surface area contributed by atoms with Crippen molar-refractivity contribution in [2.45, 2.75) is 12.8 Å². The second kappa shape index (κ2) is 10.4. The monoisotopic (exact) mass is 504 g/mol. The molecule has 5 rings (SSSR count). The Morgan fingerprint density at radius 2 is 2.03 bits per heavy atom. The van der Waals surface area contributed by atoms with Crippen LogP contribution < -0.4 is 15.9 Å². The summed E-state index contributed by atoms with van der Waals surface area (Å²) in [6.07, 6.45) is 3.76. The Labute approximate surface area is 211 Å². The van der Waals surface area contributed by atoms with Crippen LogP contribution in [-0.4, -0.2) is 62.0 Å². The van der Waals surface area contributed by atoms with Gasteiger partial charge in [-0.1, -0.05) is 26.8 Å². The summed E-state index contributed by atoms with van der Waals surface area (Å²) >= 11 is 0. The molecule has 2 unspecified atom stereocenters. The molecule has 3 heterocycles. The first-order valence-electron chi connectivity index (χ1n) is 12.0. The molecular formula is C26H29N6O3P. The summed E-state index contributed by atoms with van der Waals surface area (Å²) in [7, 11) is 0.540. The molecule has 1 saturated heterocycles. The van der Waals surface area contributed by atoms with E-state index in [1.54, 1.807) is 30.3 Å². The molecule has 0 aliphatic carbocycles. The molecule has 36 heavy (non-hydrogen) atoms. The number of hydrogen-bond donors (Lipinski definition) is 4. The van der Waals surface area contributed by atoms with Gasteiger partial charge in [-0.2, -0.15) is 9.61 Å². The number of rotatable bonds is 6. The fourth-order valence-corrected chi connectivity index (χ4v) is 5.12. The largest absolute Gasteiger partial charge is 0.508 e. The van der Waals surface area contributed by atoms with Gasteiger partial charge in [-0.15, -0.1) is 0 Å². The Balaban J connectivity index is 1.32. The summed E-state index contributed by atoms with van der Waals surface area (Å²) in [6, 6.07) is 15.5. The van der Waals surface area contributed by atoms with Crippen LogP contribution in [0.2, 0.25) is 0 Å². The van der Waals surface area contributed by atoms with Gasteiger partial charge in [-0.25, -0.2) is 9.78 Å².